The fourth-order valence-corrected chi connectivity index (χ4v) is 8.69. The molecule has 0 fully saturated rings. The molecule has 0 saturated heterocycles. The third-order valence-corrected chi connectivity index (χ3v) is 11.0. The average molecular weight is 671 g/mol. The van der Waals surface area contributed by atoms with Gasteiger partial charge in [0.25, 0.3) is 0 Å². The summed E-state index contributed by atoms with van der Waals surface area (Å²) in [5.74, 6) is 1.97. The monoisotopic (exact) mass is 670 g/mol. The van der Waals surface area contributed by atoms with Gasteiger partial charge in [-0.3, -0.25) is 0 Å². The molecule has 0 N–H and O–H groups in total. The van der Waals surface area contributed by atoms with Gasteiger partial charge in [0.15, 0.2) is 17.5 Å². The van der Waals surface area contributed by atoms with Crippen LogP contribution in [-0.2, 0) is 0 Å². The highest BCUT2D eigenvalue weighted by Crippen LogP contribution is 2.43. The molecule has 0 bridgehead atoms. The van der Waals surface area contributed by atoms with Crippen molar-refractivity contribution >= 4 is 75.3 Å². The topological polar surface area (TPSA) is 56.7 Å². The zero-order valence-electron chi connectivity index (χ0n) is 27.1. The van der Waals surface area contributed by atoms with Gasteiger partial charge in [0.2, 0.25) is 0 Å². The van der Waals surface area contributed by atoms with Crippen molar-refractivity contribution in [2.24, 2.45) is 0 Å². The molecule has 5 nitrogen and oxygen atoms in total. The number of benzene rings is 7. The normalized spacial score (nSPS) is 11.9. The van der Waals surface area contributed by atoms with Crippen LogP contribution in [0.25, 0.3) is 104 Å². The van der Waals surface area contributed by atoms with Gasteiger partial charge in [-0.2, -0.15) is 0 Å². The molecule has 6 heteroatoms. The van der Waals surface area contributed by atoms with E-state index in [-0.39, 0.29) is 0 Å². The Morgan fingerprint density at radius 2 is 1.02 bits per heavy atom. The molecule has 4 aromatic heterocycles. The predicted octanol–water partition coefficient (Wildman–Crippen LogP) is 12.2. The second-order valence-corrected chi connectivity index (χ2v) is 13.9. The van der Waals surface area contributed by atoms with E-state index >= 15 is 0 Å². The van der Waals surface area contributed by atoms with Crippen molar-refractivity contribution in [2.45, 2.75) is 0 Å². The summed E-state index contributed by atoms with van der Waals surface area (Å²) in [6, 6.07) is 54.9. The van der Waals surface area contributed by atoms with Crippen molar-refractivity contribution in [3.8, 4) is 39.9 Å². The van der Waals surface area contributed by atoms with E-state index in [0.717, 1.165) is 44.3 Å². The van der Waals surface area contributed by atoms with E-state index in [2.05, 4.69) is 89.5 Å². The van der Waals surface area contributed by atoms with Gasteiger partial charge in [0.05, 0.1) is 16.4 Å². The van der Waals surface area contributed by atoms with Crippen LogP contribution in [0.15, 0.2) is 162 Å². The van der Waals surface area contributed by atoms with E-state index in [9.17, 15) is 0 Å². The van der Waals surface area contributed by atoms with E-state index in [1.807, 2.05) is 72.8 Å². The van der Waals surface area contributed by atoms with E-state index < -0.39 is 0 Å². The van der Waals surface area contributed by atoms with Crippen LogP contribution in [0, 0.1) is 0 Å². The fraction of sp³-hybridized carbons (Fsp3) is 0. The fourth-order valence-electron chi connectivity index (χ4n) is 7.51. The number of nitrogens with zero attached hydrogens (tertiary/aromatic N) is 4. The second kappa shape index (κ2) is 10.9. The summed E-state index contributed by atoms with van der Waals surface area (Å²) in [5.41, 5.74) is 8.13. The van der Waals surface area contributed by atoms with Gasteiger partial charge in [-0.25, -0.2) is 15.0 Å². The minimum atomic E-state index is 0.657. The molecule has 0 unspecified atom stereocenters. The van der Waals surface area contributed by atoms with Gasteiger partial charge >= 0.3 is 0 Å². The summed E-state index contributed by atoms with van der Waals surface area (Å²) in [7, 11) is 0. The number of rotatable bonds is 4. The van der Waals surface area contributed by atoms with E-state index in [4.69, 9.17) is 19.4 Å². The minimum absolute atomic E-state index is 0.657. The van der Waals surface area contributed by atoms with Crippen LogP contribution in [0.1, 0.15) is 0 Å². The summed E-state index contributed by atoms with van der Waals surface area (Å²) in [6.07, 6.45) is 0. The van der Waals surface area contributed by atoms with E-state index in [1.54, 1.807) is 11.3 Å². The Bertz CT molecular complexity index is 3080. The lowest BCUT2D eigenvalue weighted by atomic mass is 10.1. The van der Waals surface area contributed by atoms with Crippen LogP contribution in [0.4, 0.5) is 0 Å². The molecule has 0 saturated carbocycles. The lowest BCUT2D eigenvalue weighted by molar-refractivity contribution is 0.669. The first-order valence-electron chi connectivity index (χ1n) is 16.9. The van der Waals surface area contributed by atoms with Gasteiger partial charge in [-0.05, 0) is 42.5 Å². The minimum Gasteiger partial charge on any atom is -0.456 e. The Morgan fingerprint density at radius 3 is 1.76 bits per heavy atom. The van der Waals surface area contributed by atoms with Crippen LogP contribution >= 0.6 is 11.3 Å². The van der Waals surface area contributed by atoms with Crippen molar-refractivity contribution in [3.63, 3.8) is 0 Å². The Kier molecular flexibility index (Phi) is 6.05. The average Bonchev–Trinajstić information content (AvgIpc) is 3.87. The molecule has 238 valence electrons. The van der Waals surface area contributed by atoms with Crippen molar-refractivity contribution in [3.05, 3.63) is 158 Å². The highest BCUT2D eigenvalue weighted by molar-refractivity contribution is 7.25. The first-order chi connectivity index (χ1) is 25.3. The smallest absolute Gasteiger partial charge is 0.164 e. The van der Waals surface area contributed by atoms with Gasteiger partial charge < -0.3 is 8.98 Å². The summed E-state index contributed by atoms with van der Waals surface area (Å²) in [4.78, 5) is 14.8. The Hall–Kier alpha value is -6.63. The summed E-state index contributed by atoms with van der Waals surface area (Å²) in [5, 5.41) is 7.16. The maximum atomic E-state index is 6.34. The number of fused-ring (bicyclic) bond motifs is 10. The number of hydrogen-bond acceptors (Lipinski definition) is 5. The van der Waals surface area contributed by atoms with Gasteiger partial charge in [0.1, 0.15) is 11.2 Å². The lowest BCUT2D eigenvalue weighted by Gasteiger charge is -2.09. The standard InChI is InChI=1S/C45H26N4OS/c1-3-11-27(12-4-1)43-46-44(28-13-5-2-6-14-28)48-45(47-43)29-19-21-32-33-22-20-30(26-40(33)51-39(32)25-29)49-36-17-9-7-15-31(36)34-23-24-38-41(42(34)49)35-16-8-10-18-37(35)50-38/h1-26H. The molecule has 4 heterocycles. The van der Waals surface area contributed by atoms with Crippen LogP contribution in [-0.4, -0.2) is 19.5 Å². The molecule has 0 atom stereocenters. The maximum Gasteiger partial charge on any atom is 0.164 e. The van der Waals surface area contributed by atoms with Crippen molar-refractivity contribution in [1.82, 2.24) is 19.5 Å². The van der Waals surface area contributed by atoms with Gasteiger partial charge in [-0.15, -0.1) is 11.3 Å². The summed E-state index contributed by atoms with van der Waals surface area (Å²) < 4.78 is 11.2. The zero-order valence-corrected chi connectivity index (χ0v) is 27.9. The molecule has 51 heavy (non-hydrogen) atoms. The molecule has 0 aliphatic rings. The quantitative estimate of drug-likeness (QED) is 0.187. The molecular weight excluding hydrogens is 645 g/mol. The van der Waals surface area contributed by atoms with Crippen molar-refractivity contribution in [1.29, 1.82) is 0 Å². The maximum absolute atomic E-state index is 6.34. The van der Waals surface area contributed by atoms with E-state index in [0.29, 0.717) is 17.5 Å². The largest absolute Gasteiger partial charge is 0.456 e. The highest BCUT2D eigenvalue weighted by atomic mass is 32.1. The molecule has 11 rings (SSSR count). The number of thiophene rings is 1. The second-order valence-electron chi connectivity index (χ2n) is 12.8. The molecular formula is C45H26N4OS. The molecule has 0 spiro atoms. The first-order valence-corrected chi connectivity index (χ1v) is 17.8. The Morgan fingerprint density at radius 1 is 0.431 bits per heavy atom. The third-order valence-electron chi connectivity index (χ3n) is 9.85. The zero-order chi connectivity index (χ0) is 33.5. The molecule has 0 aliphatic heterocycles. The lowest BCUT2D eigenvalue weighted by Crippen LogP contribution is -1.99. The molecule has 11 aromatic rings. The van der Waals surface area contributed by atoms with Crippen LogP contribution < -0.4 is 0 Å². The number of para-hydroxylation sites is 2. The third kappa shape index (κ3) is 4.37. The van der Waals surface area contributed by atoms with Crippen LogP contribution in [0.5, 0.6) is 0 Å². The summed E-state index contributed by atoms with van der Waals surface area (Å²) in [6.45, 7) is 0. The number of hydrogen-bond donors (Lipinski definition) is 0. The number of aromatic nitrogens is 4. The van der Waals surface area contributed by atoms with Crippen molar-refractivity contribution < 1.29 is 4.42 Å². The molecule has 0 radical (unpaired) electrons. The predicted molar refractivity (Wildman–Crippen MR) is 211 cm³/mol. The SMILES string of the molecule is c1ccc(-c2nc(-c3ccccc3)nc(-c3ccc4c(c3)sc3cc(-n5c6ccccc6c6ccc7oc8ccccc8c7c65)ccc34)n2)cc1. The number of furan rings is 1. The Balaban J connectivity index is 1.10. The first kappa shape index (κ1) is 28.2. The molecule has 7 aromatic carbocycles. The summed E-state index contributed by atoms with van der Waals surface area (Å²) >= 11 is 1.80. The molecule has 0 aliphatic carbocycles. The highest BCUT2D eigenvalue weighted by Gasteiger charge is 2.20. The van der Waals surface area contributed by atoms with Gasteiger partial charge in [-0.1, -0.05) is 115 Å². The molecule has 0 amide bonds. The van der Waals surface area contributed by atoms with E-state index in [1.165, 1.54) is 42.0 Å². The Labute approximate surface area is 295 Å². The van der Waals surface area contributed by atoms with Gasteiger partial charge in [0, 0.05) is 58.7 Å². The van der Waals surface area contributed by atoms with Crippen LogP contribution in [0.2, 0.25) is 0 Å². The van der Waals surface area contributed by atoms with Crippen LogP contribution in [0.3, 0.4) is 0 Å². The van der Waals surface area contributed by atoms with Crippen molar-refractivity contribution in [2.75, 3.05) is 0 Å².